The second kappa shape index (κ2) is 7.07. The Kier molecular flexibility index (Phi) is 5.40. The molecule has 5 nitrogen and oxygen atoms in total. The summed E-state index contributed by atoms with van der Waals surface area (Å²) < 4.78 is 5.54. The van der Waals surface area contributed by atoms with Crippen LogP contribution in [0.5, 0.6) is 0 Å². The lowest BCUT2D eigenvalue weighted by Crippen LogP contribution is -2.38. The predicted molar refractivity (Wildman–Crippen MR) is 74.2 cm³/mol. The topological polar surface area (TPSA) is 75.6 Å². The molecule has 1 aliphatic heterocycles. The summed E-state index contributed by atoms with van der Waals surface area (Å²) in [6.45, 7) is 3.40. The average Bonchev–Trinajstić information content (AvgIpc) is 2.93. The molecular formula is C15H25NO4. The van der Waals surface area contributed by atoms with E-state index >= 15 is 0 Å². The van der Waals surface area contributed by atoms with Gasteiger partial charge in [-0.25, -0.2) is 0 Å². The van der Waals surface area contributed by atoms with E-state index in [2.05, 4.69) is 5.32 Å². The van der Waals surface area contributed by atoms with Gasteiger partial charge in [0, 0.05) is 13.2 Å². The zero-order valence-corrected chi connectivity index (χ0v) is 12.1. The fourth-order valence-electron chi connectivity index (χ4n) is 3.34. The molecule has 2 rings (SSSR count). The van der Waals surface area contributed by atoms with E-state index in [0.717, 1.165) is 38.5 Å². The van der Waals surface area contributed by atoms with Gasteiger partial charge in [0.15, 0.2) is 0 Å². The van der Waals surface area contributed by atoms with Crippen molar-refractivity contribution in [3.8, 4) is 0 Å². The summed E-state index contributed by atoms with van der Waals surface area (Å²) in [5.74, 6) is -0.335. The van der Waals surface area contributed by atoms with E-state index in [1.807, 2.05) is 6.92 Å². The normalized spacial score (nSPS) is 33.9. The lowest BCUT2D eigenvalue weighted by Gasteiger charge is -2.27. The molecule has 1 saturated heterocycles. The second-order valence-electron chi connectivity index (χ2n) is 6.01. The number of hydrogen-bond donors (Lipinski definition) is 2. The first-order valence-electron chi connectivity index (χ1n) is 7.74. The monoisotopic (exact) mass is 283 g/mol. The van der Waals surface area contributed by atoms with E-state index in [1.54, 1.807) is 0 Å². The van der Waals surface area contributed by atoms with E-state index in [9.17, 15) is 9.59 Å². The van der Waals surface area contributed by atoms with Crippen LogP contribution in [0.1, 0.15) is 45.4 Å². The van der Waals surface area contributed by atoms with Gasteiger partial charge in [-0.05, 0) is 44.4 Å². The molecule has 2 unspecified atom stereocenters. The molecule has 0 aromatic rings. The van der Waals surface area contributed by atoms with Crippen molar-refractivity contribution in [2.24, 2.45) is 17.8 Å². The smallest absolute Gasteiger partial charge is 0.306 e. The van der Waals surface area contributed by atoms with Gasteiger partial charge in [0.25, 0.3) is 0 Å². The maximum Gasteiger partial charge on any atom is 0.306 e. The molecule has 0 aromatic heterocycles. The van der Waals surface area contributed by atoms with Crippen molar-refractivity contribution in [2.45, 2.75) is 51.6 Å². The minimum Gasteiger partial charge on any atom is -0.481 e. The molecular weight excluding hydrogens is 258 g/mol. The Hall–Kier alpha value is -1.10. The van der Waals surface area contributed by atoms with E-state index < -0.39 is 5.97 Å². The molecule has 114 valence electrons. The Bertz CT molecular complexity index is 350. The molecule has 2 atom stereocenters. The predicted octanol–water partition coefficient (Wildman–Crippen LogP) is 1.81. The molecule has 5 heteroatoms. The minimum absolute atomic E-state index is 0.00430. The van der Waals surface area contributed by atoms with Crippen LogP contribution in [0, 0.1) is 17.8 Å². The van der Waals surface area contributed by atoms with Gasteiger partial charge in [0.05, 0.1) is 17.9 Å². The van der Waals surface area contributed by atoms with E-state index in [1.165, 1.54) is 0 Å². The minimum atomic E-state index is -0.679. The number of amides is 1. The summed E-state index contributed by atoms with van der Waals surface area (Å²) in [6, 6.07) is 0. The number of carboxylic acids is 1. The van der Waals surface area contributed by atoms with Crippen LogP contribution >= 0.6 is 0 Å². The molecule has 0 aromatic carbocycles. The fourth-order valence-corrected chi connectivity index (χ4v) is 3.34. The molecule has 1 saturated carbocycles. The SMILES string of the molecule is CCC1OCCC1C(=O)NCC1CCC(C(=O)O)CC1. The zero-order chi connectivity index (χ0) is 14.5. The number of hydrogen-bond acceptors (Lipinski definition) is 3. The van der Waals surface area contributed by atoms with E-state index in [0.29, 0.717) is 19.1 Å². The summed E-state index contributed by atoms with van der Waals surface area (Å²) in [4.78, 5) is 23.0. The molecule has 1 aliphatic carbocycles. The van der Waals surface area contributed by atoms with Gasteiger partial charge in [-0.1, -0.05) is 6.92 Å². The number of rotatable bonds is 5. The maximum absolute atomic E-state index is 12.1. The van der Waals surface area contributed by atoms with Crippen LogP contribution in [-0.4, -0.2) is 36.2 Å². The first-order valence-corrected chi connectivity index (χ1v) is 7.74. The van der Waals surface area contributed by atoms with Crippen molar-refractivity contribution >= 4 is 11.9 Å². The highest BCUT2D eigenvalue weighted by Crippen LogP contribution is 2.29. The Balaban J connectivity index is 1.70. The quantitative estimate of drug-likeness (QED) is 0.807. The number of carbonyl (C=O) groups is 2. The summed E-state index contributed by atoms with van der Waals surface area (Å²) in [5, 5.41) is 12.0. The first-order chi connectivity index (χ1) is 9.61. The lowest BCUT2D eigenvalue weighted by molar-refractivity contribution is -0.143. The van der Waals surface area contributed by atoms with Crippen LogP contribution in [0.3, 0.4) is 0 Å². The Morgan fingerprint density at radius 2 is 1.90 bits per heavy atom. The third-order valence-corrected chi connectivity index (χ3v) is 4.71. The van der Waals surface area contributed by atoms with E-state index in [4.69, 9.17) is 9.84 Å². The summed E-state index contributed by atoms with van der Waals surface area (Å²) in [7, 11) is 0. The maximum atomic E-state index is 12.1. The second-order valence-corrected chi connectivity index (χ2v) is 6.01. The van der Waals surface area contributed by atoms with Crippen molar-refractivity contribution < 1.29 is 19.4 Å². The van der Waals surface area contributed by atoms with Gasteiger partial charge < -0.3 is 15.2 Å². The van der Waals surface area contributed by atoms with Crippen LogP contribution in [-0.2, 0) is 14.3 Å². The van der Waals surface area contributed by atoms with Gasteiger partial charge in [0.2, 0.25) is 5.91 Å². The molecule has 2 aliphatic rings. The standard InChI is InChI=1S/C15H25NO4/c1-2-13-12(7-8-20-13)14(17)16-9-10-3-5-11(6-4-10)15(18)19/h10-13H,2-9H2,1H3,(H,16,17)(H,18,19). The van der Waals surface area contributed by atoms with E-state index in [-0.39, 0.29) is 23.8 Å². The van der Waals surface area contributed by atoms with Crippen LogP contribution in [0.2, 0.25) is 0 Å². The molecule has 2 fully saturated rings. The number of aliphatic carboxylic acids is 1. The highest BCUT2D eigenvalue weighted by molar-refractivity contribution is 5.79. The van der Waals surface area contributed by atoms with Crippen LogP contribution < -0.4 is 5.32 Å². The molecule has 20 heavy (non-hydrogen) atoms. The van der Waals surface area contributed by atoms with Crippen molar-refractivity contribution in [1.82, 2.24) is 5.32 Å². The number of ether oxygens (including phenoxy) is 1. The Labute approximate surface area is 120 Å². The lowest BCUT2D eigenvalue weighted by atomic mass is 9.82. The van der Waals surface area contributed by atoms with Crippen LogP contribution in [0.15, 0.2) is 0 Å². The van der Waals surface area contributed by atoms with Crippen LogP contribution in [0.25, 0.3) is 0 Å². The van der Waals surface area contributed by atoms with Gasteiger partial charge in [0.1, 0.15) is 0 Å². The molecule has 0 spiro atoms. The average molecular weight is 283 g/mol. The van der Waals surface area contributed by atoms with Gasteiger partial charge >= 0.3 is 5.97 Å². The van der Waals surface area contributed by atoms with Gasteiger partial charge in [-0.3, -0.25) is 9.59 Å². The first kappa shape index (κ1) is 15.3. The highest BCUT2D eigenvalue weighted by Gasteiger charge is 2.33. The highest BCUT2D eigenvalue weighted by atomic mass is 16.5. The van der Waals surface area contributed by atoms with Crippen molar-refractivity contribution in [3.05, 3.63) is 0 Å². The summed E-state index contributed by atoms with van der Waals surface area (Å²) >= 11 is 0. The van der Waals surface area contributed by atoms with Gasteiger partial charge in [-0.2, -0.15) is 0 Å². The Morgan fingerprint density at radius 3 is 2.50 bits per heavy atom. The van der Waals surface area contributed by atoms with Crippen molar-refractivity contribution in [2.75, 3.05) is 13.2 Å². The fraction of sp³-hybridized carbons (Fsp3) is 0.867. The van der Waals surface area contributed by atoms with Crippen molar-refractivity contribution in [3.63, 3.8) is 0 Å². The number of carboxylic acid groups (broad SMARTS) is 1. The largest absolute Gasteiger partial charge is 0.481 e. The molecule has 1 amide bonds. The Morgan fingerprint density at radius 1 is 1.20 bits per heavy atom. The summed E-state index contributed by atoms with van der Waals surface area (Å²) in [6.07, 6.45) is 5.03. The number of nitrogens with one attached hydrogen (secondary N) is 1. The molecule has 1 heterocycles. The van der Waals surface area contributed by atoms with Crippen molar-refractivity contribution in [1.29, 1.82) is 0 Å². The third-order valence-electron chi connectivity index (χ3n) is 4.71. The number of carbonyl (C=O) groups excluding carboxylic acids is 1. The third kappa shape index (κ3) is 3.72. The summed E-state index contributed by atoms with van der Waals surface area (Å²) in [5.41, 5.74) is 0. The van der Waals surface area contributed by atoms with Gasteiger partial charge in [-0.15, -0.1) is 0 Å². The zero-order valence-electron chi connectivity index (χ0n) is 12.1. The molecule has 0 radical (unpaired) electrons. The van der Waals surface area contributed by atoms with Crippen LogP contribution in [0.4, 0.5) is 0 Å². The molecule has 0 bridgehead atoms. The molecule has 2 N–H and O–H groups in total.